The van der Waals surface area contributed by atoms with Crippen LogP contribution in [0.25, 0.3) is 0 Å². The highest BCUT2D eigenvalue weighted by molar-refractivity contribution is 7.89. The van der Waals surface area contributed by atoms with E-state index in [1.54, 1.807) is 0 Å². The van der Waals surface area contributed by atoms with Crippen LogP contribution >= 0.6 is 11.6 Å². The molecule has 1 aromatic rings. The molecule has 20 heavy (non-hydrogen) atoms. The third-order valence-electron chi connectivity index (χ3n) is 3.52. The van der Waals surface area contributed by atoms with E-state index in [1.807, 2.05) is 0 Å². The lowest BCUT2D eigenvalue weighted by Gasteiger charge is -2.26. The van der Waals surface area contributed by atoms with Crippen molar-refractivity contribution in [2.75, 3.05) is 0 Å². The minimum absolute atomic E-state index is 0.107. The van der Waals surface area contributed by atoms with Gasteiger partial charge in [0.05, 0.1) is 11.1 Å². The van der Waals surface area contributed by atoms with Gasteiger partial charge in [0, 0.05) is 6.04 Å². The van der Waals surface area contributed by atoms with Crippen molar-refractivity contribution in [1.29, 1.82) is 0 Å². The molecule has 4 nitrogen and oxygen atoms in total. The van der Waals surface area contributed by atoms with Crippen molar-refractivity contribution in [2.24, 2.45) is 0 Å². The van der Waals surface area contributed by atoms with Crippen molar-refractivity contribution in [3.05, 3.63) is 28.5 Å². The largest absolute Gasteiger partial charge is 0.393 e. The first-order chi connectivity index (χ1) is 9.29. The van der Waals surface area contributed by atoms with E-state index in [9.17, 15) is 17.9 Å². The van der Waals surface area contributed by atoms with Crippen LogP contribution < -0.4 is 4.72 Å². The van der Waals surface area contributed by atoms with E-state index in [4.69, 9.17) is 11.6 Å². The minimum atomic E-state index is -3.78. The molecule has 0 unspecified atom stereocenters. The SMILES string of the molecule is Cc1cc(S(=O)(=O)NC2CCC(O)CC2)c(Cl)cc1F. The number of aliphatic hydroxyl groups is 1. The van der Waals surface area contributed by atoms with Crippen molar-refractivity contribution in [2.45, 2.75) is 49.6 Å². The lowest BCUT2D eigenvalue weighted by atomic mass is 9.94. The summed E-state index contributed by atoms with van der Waals surface area (Å²) >= 11 is 5.83. The number of halogens is 2. The highest BCUT2D eigenvalue weighted by Crippen LogP contribution is 2.26. The summed E-state index contributed by atoms with van der Waals surface area (Å²) in [7, 11) is -3.78. The second kappa shape index (κ2) is 5.97. The Morgan fingerprint density at radius 3 is 2.50 bits per heavy atom. The molecule has 0 heterocycles. The molecule has 1 saturated carbocycles. The fourth-order valence-electron chi connectivity index (χ4n) is 2.31. The van der Waals surface area contributed by atoms with Gasteiger partial charge in [0.2, 0.25) is 10.0 Å². The maximum Gasteiger partial charge on any atom is 0.242 e. The number of hydrogen-bond acceptors (Lipinski definition) is 3. The Kier molecular flexibility index (Phi) is 4.69. The highest BCUT2D eigenvalue weighted by atomic mass is 35.5. The number of aliphatic hydroxyl groups excluding tert-OH is 1. The number of benzene rings is 1. The van der Waals surface area contributed by atoms with Crippen molar-refractivity contribution >= 4 is 21.6 Å². The molecule has 1 aliphatic rings. The number of sulfonamides is 1. The van der Waals surface area contributed by atoms with Gasteiger partial charge in [0.1, 0.15) is 10.7 Å². The van der Waals surface area contributed by atoms with Crippen LogP contribution in [0.3, 0.4) is 0 Å². The lowest BCUT2D eigenvalue weighted by molar-refractivity contribution is 0.120. The van der Waals surface area contributed by atoms with Crippen LogP contribution in [0.2, 0.25) is 5.02 Å². The summed E-state index contributed by atoms with van der Waals surface area (Å²) < 4.78 is 40.5. The molecule has 1 aromatic carbocycles. The van der Waals surface area contributed by atoms with Gasteiger partial charge in [-0.3, -0.25) is 0 Å². The molecule has 0 saturated heterocycles. The van der Waals surface area contributed by atoms with Crippen LogP contribution in [0.15, 0.2) is 17.0 Å². The molecule has 0 atom stereocenters. The van der Waals surface area contributed by atoms with Gasteiger partial charge >= 0.3 is 0 Å². The lowest BCUT2D eigenvalue weighted by Crippen LogP contribution is -2.38. The monoisotopic (exact) mass is 321 g/mol. The topological polar surface area (TPSA) is 66.4 Å². The maximum atomic E-state index is 13.3. The van der Waals surface area contributed by atoms with E-state index >= 15 is 0 Å². The van der Waals surface area contributed by atoms with Gasteiger partial charge in [-0.2, -0.15) is 0 Å². The molecule has 2 N–H and O–H groups in total. The van der Waals surface area contributed by atoms with Crippen LogP contribution in [0.4, 0.5) is 4.39 Å². The fourth-order valence-corrected chi connectivity index (χ4v) is 4.22. The normalized spacial score (nSPS) is 23.8. The van der Waals surface area contributed by atoms with E-state index in [1.165, 1.54) is 13.0 Å². The van der Waals surface area contributed by atoms with E-state index < -0.39 is 15.8 Å². The zero-order valence-electron chi connectivity index (χ0n) is 11.1. The zero-order valence-corrected chi connectivity index (χ0v) is 12.6. The predicted molar refractivity (Wildman–Crippen MR) is 74.7 cm³/mol. The molecule has 2 rings (SSSR count). The van der Waals surface area contributed by atoms with Gasteiger partial charge in [-0.15, -0.1) is 0 Å². The Morgan fingerprint density at radius 2 is 1.90 bits per heavy atom. The first kappa shape index (κ1) is 15.7. The summed E-state index contributed by atoms with van der Waals surface area (Å²) in [6.45, 7) is 1.49. The summed E-state index contributed by atoms with van der Waals surface area (Å²) in [6.07, 6.45) is 1.95. The van der Waals surface area contributed by atoms with Crippen molar-refractivity contribution < 1.29 is 17.9 Å². The third kappa shape index (κ3) is 3.49. The molecule has 0 aliphatic heterocycles. The second-order valence-corrected chi connectivity index (χ2v) is 7.25. The average molecular weight is 322 g/mol. The van der Waals surface area contributed by atoms with E-state index in [2.05, 4.69) is 4.72 Å². The van der Waals surface area contributed by atoms with Gasteiger partial charge < -0.3 is 5.11 Å². The zero-order chi connectivity index (χ0) is 14.9. The third-order valence-corrected chi connectivity index (χ3v) is 5.51. The molecule has 1 aliphatic carbocycles. The maximum absolute atomic E-state index is 13.3. The molecule has 0 spiro atoms. The predicted octanol–water partition coefficient (Wildman–Crippen LogP) is 2.37. The van der Waals surface area contributed by atoms with Gasteiger partial charge in [0.15, 0.2) is 0 Å². The van der Waals surface area contributed by atoms with E-state index in [0.717, 1.165) is 6.07 Å². The summed E-state index contributed by atoms with van der Waals surface area (Å²) in [5, 5.41) is 9.29. The van der Waals surface area contributed by atoms with Gasteiger partial charge in [-0.1, -0.05) is 11.6 Å². The number of hydrogen-bond donors (Lipinski definition) is 2. The molecule has 1 fully saturated rings. The van der Waals surface area contributed by atoms with Crippen molar-refractivity contribution in [3.63, 3.8) is 0 Å². The molecule has 7 heteroatoms. The highest BCUT2D eigenvalue weighted by Gasteiger charge is 2.26. The van der Waals surface area contributed by atoms with Gasteiger partial charge in [-0.05, 0) is 50.3 Å². The Balaban J connectivity index is 2.20. The second-order valence-electron chi connectivity index (χ2n) is 5.16. The fraction of sp³-hybridized carbons (Fsp3) is 0.538. The van der Waals surface area contributed by atoms with E-state index in [0.29, 0.717) is 25.7 Å². The molecule has 0 amide bonds. The molecule has 0 bridgehead atoms. The standard InChI is InChI=1S/C13H17ClFNO3S/c1-8-6-13(11(14)7-12(8)15)20(18,19)16-9-2-4-10(17)5-3-9/h6-7,9-10,16-17H,2-5H2,1H3. The summed E-state index contributed by atoms with van der Waals surface area (Å²) in [6, 6.07) is 2.03. The molecule has 0 radical (unpaired) electrons. The van der Waals surface area contributed by atoms with Crippen molar-refractivity contribution in [3.8, 4) is 0 Å². The van der Waals surface area contributed by atoms with Crippen LogP contribution in [0, 0.1) is 12.7 Å². The van der Waals surface area contributed by atoms with Crippen molar-refractivity contribution in [1.82, 2.24) is 4.72 Å². The van der Waals surface area contributed by atoms with Crippen LogP contribution in [0.5, 0.6) is 0 Å². The number of rotatable bonds is 3. The van der Waals surface area contributed by atoms with Crippen LogP contribution in [-0.4, -0.2) is 25.7 Å². The Labute approximate surface area is 123 Å². The number of aryl methyl sites for hydroxylation is 1. The number of nitrogens with one attached hydrogen (secondary N) is 1. The summed E-state index contributed by atoms with van der Waals surface area (Å²) in [4.78, 5) is -0.107. The minimum Gasteiger partial charge on any atom is -0.393 e. The summed E-state index contributed by atoms with van der Waals surface area (Å²) in [5.74, 6) is -0.533. The van der Waals surface area contributed by atoms with Gasteiger partial charge in [-0.25, -0.2) is 17.5 Å². The Bertz CT molecular complexity index is 598. The Morgan fingerprint density at radius 1 is 1.30 bits per heavy atom. The molecular weight excluding hydrogens is 305 g/mol. The van der Waals surface area contributed by atoms with Crippen LogP contribution in [-0.2, 0) is 10.0 Å². The molecule has 112 valence electrons. The molecular formula is C13H17ClFNO3S. The quantitative estimate of drug-likeness (QED) is 0.898. The summed E-state index contributed by atoms with van der Waals surface area (Å²) in [5.41, 5.74) is 0.230. The first-order valence-corrected chi connectivity index (χ1v) is 8.32. The average Bonchev–Trinajstić information content (AvgIpc) is 2.36. The van der Waals surface area contributed by atoms with E-state index in [-0.39, 0.29) is 27.6 Å². The first-order valence-electron chi connectivity index (χ1n) is 6.45. The van der Waals surface area contributed by atoms with Gasteiger partial charge in [0.25, 0.3) is 0 Å². The molecule has 0 aromatic heterocycles. The smallest absolute Gasteiger partial charge is 0.242 e. The Hall–Kier alpha value is -0.690. The van der Waals surface area contributed by atoms with Crippen LogP contribution in [0.1, 0.15) is 31.2 Å².